The van der Waals surface area contributed by atoms with Gasteiger partial charge in [0.25, 0.3) is 0 Å². The van der Waals surface area contributed by atoms with Gasteiger partial charge in [-0.15, -0.1) is 0 Å². The van der Waals surface area contributed by atoms with Crippen molar-refractivity contribution in [2.24, 2.45) is 0 Å². The molecular weight excluding hydrogens is 531 g/mol. The Morgan fingerprint density at radius 3 is 2.03 bits per heavy atom. The van der Waals surface area contributed by atoms with Crippen molar-refractivity contribution < 1.29 is 49.0 Å². The van der Waals surface area contributed by atoms with Crippen LogP contribution in [0.25, 0.3) is 0 Å². The van der Waals surface area contributed by atoms with Crippen LogP contribution < -0.4 is 15.4 Å². The van der Waals surface area contributed by atoms with Gasteiger partial charge < -0.3 is 15.4 Å². The second-order valence-corrected chi connectivity index (χ2v) is 8.14. The molecule has 0 aliphatic rings. The maximum Gasteiger partial charge on any atom is 0.461 e. The van der Waals surface area contributed by atoms with Gasteiger partial charge in [-0.2, -0.15) is 30.7 Å². The van der Waals surface area contributed by atoms with Crippen LogP contribution in [-0.2, 0) is 12.0 Å². The molecule has 1 unspecified atom stereocenters. The van der Waals surface area contributed by atoms with Crippen LogP contribution in [0.15, 0.2) is 72.8 Å². The van der Waals surface area contributed by atoms with E-state index in [2.05, 4.69) is 10.1 Å². The highest BCUT2D eigenvalue weighted by Crippen LogP contribution is 2.38. The number of benzene rings is 3. The Hall–Kier alpha value is -3.90. The molecule has 0 radical (unpaired) electrons. The molecule has 3 aromatic carbocycles. The number of hydrogen-bond acceptors (Lipinski definition) is 2. The Balaban J connectivity index is 2.21. The van der Waals surface area contributed by atoms with E-state index in [1.807, 2.05) is 0 Å². The Labute approximate surface area is 210 Å². The number of alkyl halides is 7. The molecule has 1 atom stereocenters. The average Bonchev–Trinajstić information content (AvgIpc) is 2.82. The fourth-order valence-corrected chi connectivity index (χ4v) is 3.68. The van der Waals surface area contributed by atoms with Crippen molar-refractivity contribution in [2.75, 3.05) is 6.54 Å². The molecule has 0 saturated heterocycles. The third-order valence-electron chi connectivity index (χ3n) is 5.30. The first-order chi connectivity index (χ1) is 17.7. The van der Waals surface area contributed by atoms with E-state index < -0.39 is 54.2 Å². The van der Waals surface area contributed by atoms with Gasteiger partial charge in [-0.1, -0.05) is 42.5 Å². The fourth-order valence-electron chi connectivity index (χ4n) is 3.68. The van der Waals surface area contributed by atoms with Crippen molar-refractivity contribution in [2.45, 2.75) is 30.7 Å². The first-order valence-electron chi connectivity index (χ1n) is 10.8. The minimum absolute atomic E-state index is 0.00193. The van der Waals surface area contributed by atoms with Crippen molar-refractivity contribution in [3.8, 4) is 5.75 Å². The summed E-state index contributed by atoms with van der Waals surface area (Å²) in [5.41, 5.74) is -1.96. The maximum atomic E-state index is 14.6. The molecule has 2 amide bonds. The van der Waals surface area contributed by atoms with Crippen LogP contribution in [-0.4, -0.2) is 31.3 Å². The van der Waals surface area contributed by atoms with Crippen LogP contribution in [0.5, 0.6) is 5.75 Å². The highest BCUT2D eigenvalue weighted by atomic mass is 19.4. The molecule has 0 bridgehead atoms. The molecule has 2 N–H and O–H groups in total. The number of ether oxygens (including phenoxy) is 1. The molecule has 0 aliphatic heterocycles. The molecule has 0 aliphatic carbocycles. The van der Waals surface area contributed by atoms with Crippen molar-refractivity contribution in [1.29, 1.82) is 0 Å². The summed E-state index contributed by atoms with van der Waals surface area (Å²) in [6.07, 6.45) is -14.4. The molecule has 204 valence electrons. The minimum atomic E-state index is -5.01. The Morgan fingerprint density at radius 1 is 0.816 bits per heavy atom. The second-order valence-electron chi connectivity index (χ2n) is 8.14. The van der Waals surface area contributed by atoms with E-state index in [1.54, 1.807) is 35.6 Å². The molecule has 3 aromatic rings. The van der Waals surface area contributed by atoms with Gasteiger partial charge in [0, 0.05) is 12.5 Å². The molecule has 0 fully saturated rings. The number of amides is 2. The lowest BCUT2D eigenvalue weighted by Gasteiger charge is -2.37. The van der Waals surface area contributed by atoms with Gasteiger partial charge in [-0.3, -0.25) is 0 Å². The topological polar surface area (TPSA) is 50.4 Å². The summed E-state index contributed by atoms with van der Waals surface area (Å²) in [5.74, 6) is -3.04. The summed E-state index contributed by atoms with van der Waals surface area (Å²) < 4.78 is 123. The van der Waals surface area contributed by atoms with Gasteiger partial charge in [0.2, 0.25) is 0 Å². The first kappa shape index (κ1) is 28.7. The quantitative estimate of drug-likeness (QED) is 0.297. The van der Waals surface area contributed by atoms with Crippen LogP contribution >= 0.6 is 0 Å². The fraction of sp³-hybridized carbons (Fsp3) is 0.240. The summed E-state index contributed by atoms with van der Waals surface area (Å²) in [7, 11) is 0. The predicted octanol–water partition coefficient (Wildman–Crippen LogP) is 6.55. The van der Waals surface area contributed by atoms with Gasteiger partial charge in [-0.05, 0) is 41.0 Å². The zero-order valence-electron chi connectivity index (χ0n) is 19.1. The third-order valence-corrected chi connectivity index (χ3v) is 5.30. The van der Waals surface area contributed by atoms with Crippen LogP contribution in [0, 0.1) is 11.6 Å². The number of carbonyl (C=O) groups excluding carboxylic acids is 1. The van der Waals surface area contributed by atoms with Gasteiger partial charge in [0.15, 0.2) is 0 Å². The SMILES string of the molecule is O=C(NCC(F)(F)F)NC(Cc1ccccc1)(c1ccc(F)cc1)c1cc(F)cc(OC(F)(F)C(F)F)c1. The normalized spacial score (nSPS) is 13.6. The number of hydrogen-bond donors (Lipinski definition) is 2. The lowest BCUT2D eigenvalue weighted by Crippen LogP contribution is -2.53. The summed E-state index contributed by atoms with van der Waals surface area (Å²) in [4.78, 5) is 12.7. The number of urea groups is 1. The molecule has 0 saturated carbocycles. The minimum Gasteiger partial charge on any atom is -0.428 e. The summed E-state index contributed by atoms with van der Waals surface area (Å²) >= 11 is 0. The first-order valence-corrected chi connectivity index (χ1v) is 10.8. The third kappa shape index (κ3) is 7.33. The largest absolute Gasteiger partial charge is 0.461 e. The van der Waals surface area contributed by atoms with E-state index in [-0.39, 0.29) is 17.5 Å². The van der Waals surface area contributed by atoms with Crippen LogP contribution in [0.2, 0.25) is 0 Å². The predicted molar refractivity (Wildman–Crippen MR) is 118 cm³/mol. The molecule has 0 spiro atoms. The van der Waals surface area contributed by atoms with Crippen LogP contribution in [0.4, 0.5) is 44.3 Å². The number of nitrogens with one attached hydrogen (secondary N) is 2. The van der Waals surface area contributed by atoms with Crippen molar-refractivity contribution >= 4 is 6.03 Å². The molecule has 0 heterocycles. The molecule has 0 aromatic heterocycles. The lowest BCUT2D eigenvalue weighted by molar-refractivity contribution is -0.253. The van der Waals surface area contributed by atoms with E-state index >= 15 is 0 Å². The van der Waals surface area contributed by atoms with Crippen molar-refractivity contribution in [3.63, 3.8) is 0 Å². The average molecular weight is 550 g/mol. The summed E-state index contributed by atoms with van der Waals surface area (Å²) in [6, 6.07) is 12.6. The molecule has 4 nitrogen and oxygen atoms in total. The standard InChI is InChI=1S/C25H19F9N2O2/c26-18-8-6-16(7-9-18)23(13-15-4-2-1-3-5-15,36-22(37)35-14-24(30,31)32)17-10-19(27)12-20(11-17)38-25(33,34)21(28)29/h1-12,21H,13-14H2,(H2,35,36,37). The maximum absolute atomic E-state index is 14.6. The van der Waals surface area contributed by atoms with Gasteiger partial charge in [0.1, 0.15) is 23.9 Å². The molecule has 3 rings (SSSR count). The smallest absolute Gasteiger partial charge is 0.428 e. The zero-order chi connectivity index (χ0) is 28.1. The van der Waals surface area contributed by atoms with E-state index in [4.69, 9.17) is 0 Å². The highest BCUT2D eigenvalue weighted by molar-refractivity contribution is 5.76. The zero-order valence-corrected chi connectivity index (χ0v) is 19.1. The lowest BCUT2D eigenvalue weighted by atomic mass is 9.77. The van der Waals surface area contributed by atoms with Gasteiger partial charge >= 0.3 is 24.7 Å². The Morgan fingerprint density at radius 2 is 1.45 bits per heavy atom. The van der Waals surface area contributed by atoms with Crippen molar-refractivity contribution in [3.05, 3.63) is 101 Å². The summed E-state index contributed by atoms with van der Waals surface area (Å²) in [6.45, 7) is -1.75. The highest BCUT2D eigenvalue weighted by Gasteiger charge is 2.45. The van der Waals surface area contributed by atoms with E-state index in [0.29, 0.717) is 11.6 Å². The molecule has 13 heteroatoms. The molecule has 38 heavy (non-hydrogen) atoms. The number of carbonyl (C=O) groups is 1. The Bertz CT molecular complexity index is 1240. The van der Waals surface area contributed by atoms with E-state index in [9.17, 15) is 44.3 Å². The number of halogens is 9. The van der Waals surface area contributed by atoms with Crippen molar-refractivity contribution in [1.82, 2.24) is 10.6 Å². The number of rotatable bonds is 9. The monoisotopic (exact) mass is 550 g/mol. The Kier molecular flexibility index (Phi) is 8.48. The van der Waals surface area contributed by atoms with E-state index in [0.717, 1.165) is 36.4 Å². The van der Waals surface area contributed by atoms with Gasteiger partial charge in [-0.25, -0.2) is 13.6 Å². The molecular formula is C25H19F9N2O2. The second kappa shape index (κ2) is 11.2. The van der Waals surface area contributed by atoms with E-state index in [1.165, 1.54) is 0 Å². The van der Waals surface area contributed by atoms with Crippen LogP contribution in [0.3, 0.4) is 0 Å². The van der Waals surface area contributed by atoms with Crippen LogP contribution in [0.1, 0.15) is 16.7 Å². The van der Waals surface area contributed by atoms with Gasteiger partial charge in [0.05, 0.1) is 5.54 Å². The summed E-state index contributed by atoms with van der Waals surface area (Å²) in [5, 5.41) is 3.92.